The number of aromatic hydroxyl groups is 1. The molecule has 20 heavy (non-hydrogen) atoms. The van der Waals surface area contributed by atoms with E-state index in [0.29, 0.717) is 5.13 Å². The SMILES string of the molecule is COc1ccc2nc(N=Cc3ccc(O)cc3)sc2c1. The Hall–Kier alpha value is -2.40. The molecule has 0 aliphatic carbocycles. The number of nitrogens with zero attached hydrogens (tertiary/aromatic N) is 2. The minimum atomic E-state index is 0.245. The molecule has 0 atom stereocenters. The van der Waals surface area contributed by atoms with E-state index >= 15 is 0 Å². The Balaban J connectivity index is 1.88. The first kappa shape index (κ1) is 12.6. The fourth-order valence-electron chi connectivity index (χ4n) is 1.77. The Kier molecular flexibility index (Phi) is 3.35. The first-order valence-corrected chi connectivity index (χ1v) is 6.84. The van der Waals surface area contributed by atoms with Crippen molar-refractivity contribution in [1.82, 2.24) is 4.98 Å². The molecular formula is C15H12N2O2S. The number of methoxy groups -OCH3 is 1. The molecule has 0 bridgehead atoms. The molecule has 0 unspecified atom stereocenters. The fraction of sp³-hybridized carbons (Fsp3) is 0.0667. The third-order valence-electron chi connectivity index (χ3n) is 2.80. The predicted molar refractivity (Wildman–Crippen MR) is 81.5 cm³/mol. The maximum atomic E-state index is 9.22. The van der Waals surface area contributed by atoms with Crippen LogP contribution >= 0.6 is 11.3 Å². The Labute approximate surface area is 120 Å². The van der Waals surface area contributed by atoms with Crippen LogP contribution in [0.15, 0.2) is 47.5 Å². The number of fused-ring (bicyclic) bond motifs is 1. The molecule has 2 aromatic carbocycles. The highest BCUT2D eigenvalue weighted by Gasteiger charge is 2.03. The largest absolute Gasteiger partial charge is 0.508 e. The Morgan fingerprint density at radius 2 is 2.00 bits per heavy atom. The van der Waals surface area contributed by atoms with Crippen LogP contribution < -0.4 is 4.74 Å². The maximum Gasteiger partial charge on any atom is 0.210 e. The average molecular weight is 284 g/mol. The maximum absolute atomic E-state index is 9.22. The number of benzene rings is 2. The van der Waals surface area contributed by atoms with Crippen molar-refractivity contribution < 1.29 is 9.84 Å². The molecule has 0 aliphatic rings. The normalized spacial score (nSPS) is 11.2. The van der Waals surface area contributed by atoms with Crippen LogP contribution in [-0.4, -0.2) is 23.4 Å². The number of rotatable bonds is 3. The van der Waals surface area contributed by atoms with Gasteiger partial charge in [-0.2, -0.15) is 0 Å². The molecule has 1 heterocycles. The van der Waals surface area contributed by atoms with Gasteiger partial charge in [0.25, 0.3) is 0 Å². The number of hydrogen-bond donors (Lipinski definition) is 1. The van der Waals surface area contributed by atoms with Gasteiger partial charge in [0.1, 0.15) is 11.5 Å². The van der Waals surface area contributed by atoms with E-state index in [-0.39, 0.29) is 5.75 Å². The molecule has 0 radical (unpaired) electrons. The second-order valence-corrected chi connectivity index (χ2v) is 5.19. The highest BCUT2D eigenvalue weighted by molar-refractivity contribution is 7.22. The lowest BCUT2D eigenvalue weighted by Crippen LogP contribution is -1.80. The molecule has 1 N–H and O–H groups in total. The van der Waals surface area contributed by atoms with Crippen LogP contribution in [0.4, 0.5) is 5.13 Å². The van der Waals surface area contributed by atoms with Crippen molar-refractivity contribution in [3.63, 3.8) is 0 Å². The third-order valence-corrected chi connectivity index (χ3v) is 3.73. The van der Waals surface area contributed by atoms with E-state index in [0.717, 1.165) is 21.5 Å². The monoisotopic (exact) mass is 284 g/mol. The summed E-state index contributed by atoms with van der Waals surface area (Å²) >= 11 is 1.51. The van der Waals surface area contributed by atoms with Crippen molar-refractivity contribution in [3.8, 4) is 11.5 Å². The van der Waals surface area contributed by atoms with Gasteiger partial charge < -0.3 is 9.84 Å². The molecule has 5 heteroatoms. The summed E-state index contributed by atoms with van der Waals surface area (Å²) in [5.41, 5.74) is 1.83. The van der Waals surface area contributed by atoms with Gasteiger partial charge in [0.15, 0.2) is 0 Å². The van der Waals surface area contributed by atoms with Gasteiger partial charge in [-0.25, -0.2) is 9.98 Å². The van der Waals surface area contributed by atoms with E-state index in [9.17, 15) is 5.11 Å². The van der Waals surface area contributed by atoms with Crippen LogP contribution in [-0.2, 0) is 0 Å². The smallest absolute Gasteiger partial charge is 0.210 e. The van der Waals surface area contributed by atoms with Crippen LogP contribution in [0, 0.1) is 0 Å². The standard InChI is InChI=1S/C15H12N2O2S/c1-19-12-6-7-13-14(8-12)20-15(17-13)16-9-10-2-4-11(18)5-3-10/h2-9,18H,1H3. The highest BCUT2D eigenvalue weighted by Crippen LogP contribution is 2.30. The van der Waals surface area contributed by atoms with Crippen LogP contribution in [0.5, 0.6) is 11.5 Å². The second-order valence-electron chi connectivity index (χ2n) is 4.18. The molecule has 100 valence electrons. The summed E-state index contributed by atoms with van der Waals surface area (Å²) in [5.74, 6) is 1.06. The van der Waals surface area contributed by atoms with Crippen molar-refractivity contribution in [2.24, 2.45) is 4.99 Å². The van der Waals surface area contributed by atoms with Crippen LogP contribution in [0.1, 0.15) is 5.56 Å². The number of thiazole rings is 1. The number of aromatic nitrogens is 1. The second kappa shape index (κ2) is 5.30. The summed E-state index contributed by atoms with van der Waals surface area (Å²) in [6.45, 7) is 0. The number of hydrogen-bond acceptors (Lipinski definition) is 5. The fourth-order valence-corrected chi connectivity index (χ4v) is 2.60. The van der Waals surface area contributed by atoms with E-state index in [4.69, 9.17) is 4.74 Å². The van der Waals surface area contributed by atoms with E-state index in [1.165, 1.54) is 11.3 Å². The van der Waals surface area contributed by atoms with Gasteiger partial charge in [-0.15, -0.1) is 0 Å². The lowest BCUT2D eigenvalue weighted by Gasteiger charge is -1.96. The summed E-state index contributed by atoms with van der Waals surface area (Å²) in [6, 6.07) is 12.6. The average Bonchev–Trinajstić information content (AvgIpc) is 2.88. The van der Waals surface area contributed by atoms with Crippen LogP contribution in [0.2, 0.25) is 0 Å². The molecule has 0 fully saturated rings. The Morgan fingerprint density at radius 1 is 1.20 bits per heavy atom. The van der Waals surface area contributed by atoms with Crippen molar-refractivity contribution >= 4 is 32.9 Å². The molecule has 3 rings (SSSR count). The molecule has 0 aliphatic heterocycles. The predicted octanol–water partition coefficient (Wildman–Crippen LogP) is 3.76. The number of ether oxygens (including phenoxy) is 1. The Morgan fingerprint density at radius 3 is 2.75 bits per heavy atom. The first-order valence-electron chi connectivity index (χ1n) is 6.02. The highest BCUT2D eigenvalue weighted by atomic mass is 32.1. The minimum Gasteiger partial charge on any atom is -0.508 e. The van der Waals surface area contributed by atoms with E-state index in [2.05, 4.69) is 9.98 Å². The lowest BCUT2D eigenvalue weighted by atomic mass is 10.2. The van der Waals surface area contributed by atoms with E-state index in [1.807, 2.05) is 18.2 Å². The summed E-state index contributed by atoms with van der Waals surface area (Å²) in [5, 5.41) is 9.92. The quantitative estimate of drug-likeness (QED) is 0.745. The zero-order chi connectivity index (χ0) is 13.9. The van der Waals surface area contributed by atoms with E-state index < -0.39 is 0 Å². The molecule has 0 amide bonds. The first-order chi connectivity index (χ1) is 9.74. The van der Waals surface area contributed by atoms with Gasteiger partial charge in [0.2, 0.25) is 5.13 Å². The van der Waals surface area contributed by atoms with Gasteiger partial charge in [-0.05, 0) is 48.0 Å². The van der Waals surface area contributed by atoms with Gasteiger partial charge in [-0.3, -0.25) is 0 Å². The van der Waals surface area contributed by atoms with Crippen molar-refractivity contribution in [3.05, 3.63) is 48.0 Å². The third kappa shape index (κ3) is 2.62. The van der Waals surface area contributed by atoms with Gasteiger partial charge >= 0.3 is 0 Å². The molecule has 4 nitrogen and oxygen atoms in total. The molecule has 0 spiro atoms. The van der Waals surface area contributed by atoms with E-state index in [1.54, 1.807) is 37.6 Å². The summed E-state index contributed by atoms with van der Waals surface area (Å²) in [7, 11) is 1.64. The van der Waals surface area contributed by atoms with Crippen LogP contribution in [0.3, 0.4) is 0 Å². The molecular weight excluding hydrogens is 272 g/mol. The van der Waals surface area contributed by atoms with Crippen molar-refractivity contribution in [2.75, 3.05) is 7.11 Å². The van der Waals surface area contributed by atoms with Crippen molar-refractivity contribution in [1.29, 1.82) is 0 Å². The summed E-state index contributed by atoms with van der Waals surface area (Å²) < 4.78 is 6.23. The topological polar surface area (TPSA) is 54.7 Å². The number of phenolic OH excluding ortho intramolecular Hbond substituents is 1. The van der Waals surface area contributed by atoms with Crippen molar-refractivity contribution in [2.45, 2.75) is 0 Å². The zero-order valence-electron chi connectivity index (χ0n) is 10.8. The van der Waals surface area contributed by atoms with Gasteiger partial charge in [-0.1, -0.05) is 11.3 Å². The molecule has 0 saturated carbocycles. The summed E-state index contributed by atoms with van der Waals surface area (Å²) in [4.78, 5) is 8.80. The molecule has 0 saturated heterocycles. The van der Waals surface area contributed by atoms with Gasteiger partial charge in [0.05, 0.1) is 17.3 Å². The molecule has 1 aromatic heterocycles. The lowest BCUT2D eigenvalue weighted by molar-refractivity contribution is 0.415. The molecule has 3 aromatic rings. The zero-order valence-corrected chi connectivity index (χ0v) is 11.6. The Bertz CT molecular complexity index is 763. The van der Waals surface area contributed by atoms with Crippen LogP contribution in [0.25, 0.3) is 10.2 Å². The van der Waals surface area contributed by atoms with Gasteiger partial charge in [0, 0.05) is 6.21 Å². The summed E-state index contributed by atoms with van der Waals surface area (Å²) in [6.07, 6.45) is 1.73. The number of phenols is 1. The minimum absolute atomic E-state index is 0.245. The number of aliphatic imine (C=N–C) groups is 1.